The lowest BCUT2D eigenvalue weighted by molar-refractivity contribution is -0.117. The van der Waals surface area contributed by atoms with E-state index in [1.807, 2.05) is 24.6 Å². The monoisotopic (exact) mass is 250 g/mol. The van der Waals surface area contributed by atoms with Crippen LogP contribution in [0, 0.1) is 5.92 Å². The van der Waals surface area contributed by atoms with Crippen LogP contribution in [0.25, 0.3) is 0 Å². The number of rotatable bonds is 4. The van der Waals surface area contributed by atoms with Crippen LogP contribution in [0.15, 0.2) is 12.3 Å². The van der Waals surface area contributed by atoms with Crippen molar-refractivity contribution in [3.63, 3.8) is 0 Å². The van der Waals surface area contributed by atoms with Crippen molar-refractivity contribution < 1.29 is 4.79 Å². The maximum absolute atomic E-state index is 12.0. The summed E-state index contributed by atoms with van der Waals surface area (Å²) in [5, 5.41) is 7.12. The third-order valence-corrected chi connectivity index (χ3v) is 3.59. The van der Waals surface area contributed by atoms with Crippen molar-refractivity contribution in [3.8, 4) is 0 Å². The first-order valence-corrected chi connectivity index (χ1v) is 6.67. The molecule has 1 aliphatic carbocycles. The Bertz CT molecular complexity index is 413. The van der Waals surface area contributed by atoms with E-state index in [1.54, 1.807) is 6.20 Å². The Balaban J connectivity index is 1.92. The standard InChI is InChI=1S/C13H22N4O/c1-9(2)17-12(6-7-15-17)16-13(18)8-10-4-3-5-11(10)14/h6-7,9-11H,3-5,8,14H2,1-2H3,(H,16,18)/t10-,11+/m0/s1. The van der Waals surface area contributed by atoms with E-state index in [4.69, 9.17) is 5.73 Å². The Morgan fingerprint density at radius 2 is 2.39 bits per heavy atom. The highest BCUT2D eigenvalue weighted by Crippen LogP contribution is 2.27. The number of aromatic nitrogens is 2. The van der Waals surface area contributed by atoms with Gasteiger partial charge in [0.2, 0.25) is 5.91 Å². The normalized spacial score (nSPS) is 23.6. The van der Waals surface area contributed by atoms with E-state index in [-0.39, 0.29) is 18.0 Å². The summed E-state index contributed by atoms with van der Waals surface area (Å²) in [5.41, 5.74) is 5.98. The zero-order valence-corrected chi connectivity index (χ0v) is 11.1. The highest BCUT2D eigenvalue weighted by Gasteiger charge is 2.26. The maximum Gasteiger partial charge on any atom is 0.225 e. The Labute approximate surface area is 108 Å². The largest absolute Gasteiger partial charge is 0.327 e. The van der Waals surface area contributed by atoms with Crippen molar-refractivity contribution in [1.82, 2.24) is 9.78 Å². The molecule has 1 aromatic heterocycles. The van der Waals surface area contributed by atoms with Crippen LogP contribution < -0.4 is 11.1 Å². The van der Waals surface area contributed by atoms with Crippen LogP contribution in [0.5, 0.6) is 0 Å². The molecule has 2 atom stereocenters. The molecule has 1 fully saturated rings. The summed E-state index contributed by atoms with van der Waals surface area (Å²) < 4.78 is 1.81. The van der Waals surface area contributed by atoms with Gasteiger partial charge in [0.15, 0.2) is 0 Å². The van der Waals surface area contributed by atoms with Gasteiger partial charge in [-0.15, -0.1) is 0 Å². The molecule has 1 aromatic rings. The Hall–Kier alpha value is -1.36. The third kappa shape index (κ3) is 2.90. The van der Waals surface area contributed by atoms with E-state index in [0.29, 0.717) is 12.3 Å². The number of hydrogen-bond donors (Lipinski definition) is 2. The quantitative estimate of drug-likeness (QED) is 0.857. The molecule has 18 heavy (non-hydrogen) atoms. The number of nitrogens with one attached hydrogen (secondary N) is 1. The number of amides is 1. The minimum Gasteiger partial charge on any atom is -0.327 e. The molecule has 0 spiro atoms. The van der Waals surface area contributed by atoms with Gasteiger partial charge in [-0.3, -0.25) is 4.79 Å². The first-order chi connectivity index (χ1) is 8.58. The molecule has 2 rings (SSSR count). The number of nitrogens with zero attached hydrogens (tertiary/aromatic N) is 2. The van der Waals surface area contributed by atoms with Gasteiger partial charge < -0.3 is 11.1 Å². The lowest BCUT2D eigenvalue weighted by Crippen LogP contribution is -2.28. The minimum absolute atomic E-state index is 0.0414. The fourth-order valence-electron chi connectivity index (χ4n) is 2.58. The molecule has 5 nitrogen and oxygen atoms in total. The number of nitrogens with two attached hydrogens (primary N) is 1. The highest BCUT2D eigenvalue weighted by molar-refractivity contribution is 5.90. The maximum atomic E-state index is 12.0. The van der Waals surface area contributed by atoms with Crippen LogP contribution in [-0.4, -0.2) is 21.7 Å². The van der Waals surface area contributed by atoms with Crippen molar-refractivity contribution in [2.24, 2.45) is 11.7 Å². The smallest absolute Gasteiger partial charge is 0.225 e. The molecule has 0 aromatic carbocycles. The molecule has 1 amide bonds. The van der Waals surface area contributed by atoms with Gasteiger partial charge in [-0.25, -0.2) is 4.68 Å². The van der Waals surface area contributed by atoms with E-state index in [2.05, 4.69) is 10.4 Å². The average molecular weight is 250 g/mol. The summed E-state index contributed by atoms with van der Waals surface area (Å²) in [4.78, 5) is 12.0. The third-order valence-electron chi connectivity index (χ3n) is 3.59. The summed E-state index contributed by atoms with van der Waals surface area (Å²) in [6, 6.07) is 2.25. The van der Waals surface area contributed by atoms with Gasteiger partial charge in [0.1, 0.15) is 5.82 Å². The van der Waals surface area contributed by atoms with Crippen molar-refractivity contribution in [2.45, 2.75) is 51.6 Å². The Morgan fingerprint density at radius 3 is 3.00 bits per heavy atom. The average Bonchev–Trinajstić information content (AvgIpc) is 2.89. The van der Waals surface area contributed by atoms with Crippen LogP contribution in [0.4, 0.5) is 5.82 Å². The zero-order valence-electron chi connectivity index (χ0n) is 11.1. The predicted octanol–water partition coefficient (Wildman–Crippen LogP) is 1.92. The van der Waals surface area contributed by atoms with Gasteiger partial charge in [-0.2, -0.15) is 5.10 Å². The number of carbonyl (C=O) groups excluding carboxylic acids is 1. The van der Waals surface area contributed by atoms with Gasteiger partial charge in [0.05, 0.1) is 6.20 Å². The molecule has 3 N–H and O–H groups in total. The first-order valence-electron chi connectivity index (χ1n) is 6.67. The molecular weight excluding hydrogens is 228 g/mol. The van der Waals surface area contributed by atoms with Gasteiger partial charge in [0, 0.05) is 24.6 Å². The second-order valence-corrected chi connectivity index (χ2v) is 5.36. The predicted molar refractivity (Wildman–Crippen MR) is 71.2 cm³/mol. The summed E-state index contributed by atoms with van der Waals surface area (Å²) in [7, 11) is 0. The van der Waals surface area contributed by atoms with Gasteiger partial charge in [-0.05, 0) is 32.6 Å². The summed E-state index contributed by atoms with van der Waals surface area (Å²) in [5.74, 6) is 1.14. The molecule has 1 heterocycles. The van der Waals surface area contributed by atoms with Gasteiger partial charge >= 0.3 is 0 Å². The highest BCUT2D eigenvalue weighted by atomic mass is 16.1. The van der Waals surface area contributed by atoms with Gasteiger partial charge in [0.25, 0.3) is 0 Å². The van der Waals surface area contributed by atoms with E-state index in [9.17, 15) is 4.79 Å². The molecule has 0 aliphatic heterocycles. The molecule has 0 saturated heterocycles. The fourth-order valence-corrected chi connectivity index (χ4v) is 2.58. The van der Waals surface area contributed by atoms with E-state index in [1.165, 1.54) is 0 Å². The summed E-state index contributed by atoms with van der Waals surface area (Å²) in [6.45, 7) is 4.07. The van der Waals surface area contributed by atoms with E-state index in [0.717, 1.165) is 25.1 Å². The second kappa shape index (κ2) is 5.52. The van der Waals surface area contributed by atoms with E-state index < -0.39 is 0 Å². The summed E-state index contributed by atoms with van der Waals surface area (Å²) >= 11 is 0. The number of anilines is 1. The molecule has 0 unspecified atom stereocenters. The number of hydrogen-bond acceptors (Lipinski definition) is 3. The van der Waals surface area contributed by atoms with Crippen LogP contribution in [0.1, 0.15) is 45.6 Å². The molecule has 0 bridgehead atoms. The SMILES string of the molecule is CC(C)n1nccc1NC(=O)C[C@@H]1CCC[C@H]1N. The van der Waals surface area contributed by atoms with Crippen LogP contribution >= 0.6 is 0 Å². The fraction of sp³-hybridized carbons (Fsp3) is 0.692. The van der Waals surface area contributed by atoms with Crippen molar-refractivity contribution in [3.05, 3.63) is 12.3 Å². The van der Waals surface area contributed by atoms with Crippen LogP contribution in [-0.2, 0) is 4.79 Å². The Morgan fingerprint density at radius 1 is 1.61 bits per heavy atom. The van der Waals surface area contributed by atoms with Crippen molar-refractivity contribution >= 4 is 11.7 Å². The minimum atomic E-state index is 0.0414. The first kappa shape index (κ1) is 13.1. The number of carbonyl (C=O) groups is 1. The lowest BCUT2D eigenvalue weighted by Gasteiger charge is -2.16. The molecule has 1 saturated carbocycles. The lowest BCUT2D eigenvalue weighted by atomic mass is 10.00. The van der Waals surface area contributed by atoms with Crippen LogP contribution in [0.3, 0.4) is 0 Å². The molecule has 0 radical (unpaired) electrons. The molecule has 5 heteroatoms. The zero-order chi connectivity index (χ0) is 13.1. The van der Waals surface area contributed by atoms with Crippen LogP contribution in [0.2, 0.25) is 0 Å². The van der Waals surface area contributed by atoms with E-state index >= 15 is 0 Å². The van der Waals surface area contributed by atoms with Crippen molar-refractivity contribution in [1.29, 1.82) is 0 Å². The summed E-state index contributed by atoms with van der Waals surface area (Å²) in [6.07, 6.45) is 5.48. The topological polar surface area (TPSA) is 72.9 Å². The molecule has 100 valence electrons. The van der Waals surface area contributed by atoms with Gasteiger partial charge in [-0.1, -0.05) is 6.42 Å². The Kier molecular flexibility index (Phi) is 4.01. The second-order valence-electron chi connectivity index (χ2n) is 5.36. The molecular formula is C13H22N4O. The molecule has 1 aliphatic rings. The van der Waals surface area contributed by atoms with Crippen molar-refractivity contribution in [2.75, 3.05) is 5.32 Å².